The van der Waals surface area contributed by atoms with E-state index in [1.54, 1.807) is 49.6 Å². The first-order chi connectivity index (χ1) is 11.9. The number of hydrogen-bond acceptors (Lipinski definition) is 3. The van der Waals surface area contributed by atoms with Gasteiger partial charge in [0.15, 0.2) is 0 Å². The first-order valence-corrected chi connectivity index (χ1v) is 8.19. The molecule has 132 valence electrons. The Hall–Kier alpha value is -2.89. The molecule has 25 heavy (non-hydrogen) atoms. The monoisotopic (exact) mass is 340 g/mol. The maximum Gasteiger partial charge on any atom is 0.322 e. The largest absolute Gasteiger partial charge is 0.345 e. The molecule has 1 heterocycles. The Morgan fingerprint density at radius 3 is 2.36 bits per heavy atom. The van der Waals surface area contributed by atoms with Crippen LogP contribution in [0.1, 0.15) is 28.4 Å². The van der Waals surface area contributed by atoms with E-state index < -0.39 is 0 Å². The highest BCUT2D eigenvalue weighted by molar-refractivity contribution is 5.94. The minimum absolute atomic E-state index is 0.0372. The second-order valence-corrected chi connectivity index (χ2v) is 6.03. The van der Waals surface area contributed by atoms with Crippen LogP contribution in [0.4, 0.5) is 10.5 Å². The van der Waals surface area contributed by atoms with Gasteiger partial charge in [-0.15, -0.1) is 0 Å². The molecule has 2 aromatic rings. The van der Waals surface area contributed by atoms with Crippen LogP contribution < -0.4 is 5.32 Å². The van der Waals surface area contributed by atoms with Gasteiger partial charge in [0.05, 0.1) is 0 Å². The number of urea groups is 1. The molecule has 6 nitrogen and oxygen atoms in total. The van der Waals surface area contributed by atoms with Crippen molar-refractivity contribution in [3.63, 3.8) is 0 Å². The van der Waals surface area contributed by atoms with E-state index in [2.05, 4.69) is 10.3 Å². The minimum atomic E-state index is -0.162. The molecule has 0 unspecified atom stereocenters. The molecule has 0 bridgehead atoms. The van der Waals surface area contributed by atoms with Crippen LogP contribution in [0.2, 0.25) is 0 Å². The molecule has 0 aliphatic rings. The van der Waals surface area contributed by atoms with Crippen LogP contribution in [0, 0.1) is 6.92 Å². The molecule has 6 heteroatoms. The molecule has 0 aliphatic carbocycles. The number of hydrogen-bond donors (Lipinski definition) is 1. The van der Waals surface area contributed by atoms with Crippen molar-refractivity contribution in [1.29, 1.82) is 0 Å². The predicted octanol–water partition coefficient (Wildman–Crippen LogP) is 3.15. The van der Waals surface area contributed by atoms with Gasteiger partial charge in [-0.05, 0) is 43.2 Å². The fraction of sp³-hybridized carbons (Fsp3) is 0.316. The summed E-state index contributed by atoms with van der Waals surface area (Å²) in [6.07, 6.45) is 3.37. The van der Waals surface area contributed by atoms with Gasteiger partial charge in [0.25, 0.3) is 5.91 Å². The number of amides is 3. The zero-order valence-corrected chi connectivity index (χ0v) is 15.1. The average molecular weight is 340 g/mol. The van der Waals surface area contributed by atoms with E-state index in [0.29, 0.717) is 18.7 Å². The zero-order chi connectivity index (χ0) is 18.4. The third kappa shape index (κ3) is 4.79. The summed E-state index contributed by atoms with van der Waals surface area (Å²) < 4.78 is 0. The van der Waals surface area contributed by atoms with Crippen LogP contribution >= 0.6 is 0 Å². The number of nitrogens with zero attached hydrogens (tertiary/aromatic N) is 3. The molecule has 0 saturated carbocycles. The SMILES string of the molecule is CCN(Cc1ccc(C(=O)N(C)C)cc1)C(=O)Nc1ccncc1C. The lowest BCUT2D eigenvalue weighted by Crippen LogP contribution is -2.34. The highest BCUT2D eigenvalue weighted by Gasteiger charge is 2.14. The van der Waals surface area contributed by atoms with Gasteiger partial charge >= 0.3 is 6.03 Å². The van der Waals surface area contributed by atoms with E-state index in [4.69, 9.17) is 0 Å². The van der Waals surface area contributed by atoms with Gasteiger partial charge < -0.3 is 15.1 Å². The minimum Gasteiger partial charge on any atom is -0.345 e. The summed E-state index contributed by atoms with van der Waals surface area (Å²) in [4.78, 5) is 31.7. The summed E-state index contributed by atoms with van der Waals surface area (Å²) in [7, 11) is 3.45. The maximum absolute atomic E-state index is 12.5. The number of rotatable bonds is 5. The van der Waals surface area contributed by atoms with Crippen molar-refractivity contribution in [3.8, 4) is 0 Å². The van der Waals surface area contributed by atoms with Crippen LogP contribution in [0.25, 0.3) is 0 Å². The van der Waals surface area contributed by atoms with E-state index >= 15 is 0 Å². The molecular weight excluding hydrogens is 316 g/mol. The Morgan fingerprint density at radius 1 is 1.12 bits per heavy atom. The Labute approximate surface area is 148 Å². The summed E-state index contributed by atoms with van der Waals surface area (Å²) in [5.41, 5.74) is 3.27. The molecule has 0 saturated heterocycles. The third-order valence-electron chi connectivity index (χ3n) is 3.91. The summed E-state index contributed by atoms with van der Waals surface area (Å²) in [5.74, 6) is -0.0372. The van der Waals surface area contributed by atoms with Gasteiger partial charge in [0.2, 0.25) is 0 Å². The van der Waals surface area contributed by atoms with E-state index in [9.17, 15) is 9.59 Å². The molecule has 0 fully saturated rings. The van der Waals surface area contributed by atoms with Crippen molar-refractivity contribution in [2.45, 2.75) is 20.4 Å². The quantitative estimate of drug-likeness (QED) is 0.909. The number of aromatic nitrogens is 1. The van der Waals surface area contributed by atoms with Crippen LogP contribution in [0.5, 0.6) is 0 Å². The standard InChI is InChI=1S/C19H24N4O2/c1-5-23(19(25)21-17-10-11-20-12-14(17)2)13-15-6-8-16(9-7-15)18(24)22(3)4/h6-12H,5,13H2,1-4H3,(H,20,21,25). The fourth-order valence-corrected chi connectivity index (χ4v) is 2.37. The van der Waals surface area contributed by atoms with Crippen LogP contribution in [-0.2, 0) is 6.54 Å². The van der Waals surface area contributed by atoms with E-state index in [0.717, 1.165) is 16.8 Å². The lowest BCUT2D eigenvalue weighted by Gasteiger charge is -2.22. The zero-order valence-electron chi connectivity index (χ0n) is 15.1. The number of benzene rings is 1. The van der Waals surface area contributed by atoms with Gasteiger partial charge in [0.1, 0.15) is 0 Å². The first kappa shape index (κ1) is 18.4. The Balaban J connectivity index is 2.05. The fourth-order valence-electron chi connectivity index (χ4n) is 2.37. The molecule has 1 aromatic heterocycles. The summed E-state index contributed by atoms with van der Waals surface area (Å²) >= 11 is 0. The van der Waals surface area contributed by atoms with Gasteiger partial charge in [-0.3, -0.25) is 9.78 Å². The van der Waals surface area contributed by atoms with Crippen LogP contribution in [0.15, 0.2) is 42.7 Å². The summed E-state index contributed by atoms with van der Waals surface area (Å²) in [6, 6.07) is 8.95. The molecule has 0 spiro atoms. The van der Waals surface area contributed by atoms with Crippen LogP contribution in [-0.4, -0.2) is 47.4 Å². The Morgan fingerprint density at radius 2 is 1.80 bits per heavy atom. The van der Waals surface area contributed by atoms with E-state index in [1.165, 1.54) is 4.90 Å². The lowest BCUT2D eigenvalue weighted by molar-refractivity contribution is 0.0827. The van der Waals surface area contributed by atoms with Crippen molar-refractivity contribution in [3.05, 3.63) is 59.4 Å². The average Bonchev–Trinajstić information content (AvgIpc) is 2.61. The number of carbonyl (C=O) groups is 2. The smallest absolute Gasteiger partial charge is 0.322 e. The second-order valence-electron chi connectivity index (χ2n) is 6.03. The van der Waals surface area contributed by atoms with E-state index in [1.807, 2.05) is 26.0 Å². The van der Waals surface area contributed by atoms with Gasteiger partial charge in [-0.2, -0.15) is 0 Å². The van der Waals surface area contributed by atoms with Gasteiger partial charge in [-0.1, -0.05) is 12.1 Å². The van der Waals surface area contributed by atoms with Crippen molar-refractivity contribution in [2.24, 2.45) is 0 Å². The topological polar surface area (TPSA) is 65.5 Å². The molecule has 3 amide bonds. The molecular formula is C19H24N4O2. The molecule has 1 N–H and O–H groups in total. The highest BCUT2D eigenvalue weighted by atomic mass is 16.2. The van der Waals surface area contributed by atoms with Crippen molar-refractivity contribution in [2.75, 3.05) is 26.0 Å². The molecule has 0 aliphatic heterocycles. The van der Waals surface area contributed by atoms with Gasteiger partial charge in [0, 0.05) is 50.8 Å². The Kier molecular flexibility index (Phi) is 6.11. The van der Waals surface area contributed by atoms with Gasteiger partial charge in [-0.25, -0.2) is 4.79 Å². The predicted molar refractivity (Wildman–Crippen MR) is 98.5 cm³/mol. The van der Waals surface area contributed by atoms with Crippen molar-refractivity contribution >= 4 is 17.6 Å². The maximum atomic E-state index is 12.5. The number of anilines is 1. The Bertz CT molecular complexity index is 741. The third-order valence-corrected chi connectivity index (χ3v) is 3.91. The van der Waals surface area contributed by atoms with Crippen molar-refractivity contribution < 1.29 is 9.59 Å². The molecule has 2 rings (SSSR count). The number of carbonyl (C=O) groups excluding carboxylic acids is 2. The lowest BCUT2D eigenvalue weighted by atomic mass is 10.1. The highest BCUT2D eigenvalue weighted by Crippen LogP contribution is 2.14. The van der Waals surface area contributed by atoms with E-state index in [-0.39, 0.29) is 11.9 Å². The number of aryl methyl sites for hydroxylation is 1. The second kappa shape index (κ2) is 8.28. The summed E-state index contributed by atoms with van der Waals surface area (Å²) in [6.45, 7) is 4.89. The van der Waals surface area contributed by atoms with Crippen LogP contribution in [0.3, 0.4) is 0 Å². The summed E-state index contributed by atoms with van der Waals surface area (Å²) in [5, 5.41) is 2.91. The number of nitrogens with one attached hydrogen (secondary N) is 1. The number of pyridine rings is 1. The van der Waals surface area contributed by atoms with Crippen molar-refractivity contribution in [1.82, 2.24) is 14.8 Å². The molecule has 1 aromatic carbocycles. The first-order valence-electron chi connectivity index (χ1n) is 8.19. The molecule has 0 atom stereocenters. The normalized spacial score (nSPS) is 10.2. The molecule has 0 radical (unpaired) electrons.